The van der Waals surface area contributed by atoms with Crippen LogP contribution in [0.4, 0.5) is 0 Å². The molecule has 0 aliphatic heterocycles. The number of hydrogen-bond donors (Lipinski definition) is 0. The highest BCUT2D eigenvalue weighted by Gasteiger charge is 2.25. The second-order valence-electron chi connectivity index (χ2n) is 4.98. The Balaban J connectivity index is 2.34. The molecular weight excluding hydrogens is 182 g/mol. The molecule has 0 aromatic carbocycles. The molecule has 0 amide bonds. The Kier molecular flexibility index (Phi) is 4.06. The molecule has 13 heavy (non-hydrogen) atoms. The first kappa shape index (κ1) is 11.3. The predicted octanol–water partition coefficient (Wildman–Crippen LogP) is 3.13. The maximum absolute atomic E-state index is 5.93. The van der Waals surface area contributed by atoms with E-state index in [2.05, 4.69) is 25.8 Å². The van der Waals surface area contributed by atoms with Gasteiger partial charge in [0, 0.05) is 18.0 Å². The Morgan fingerprint density at radius 2 is 1.85 bits per heavy atom. The quantitative estimate of drug-likeness (QED) is 0.635. The summed E-state index contributed by atoms with van der Waals surface area (Å²) in [5, 5.41) is 0. The van der Waals surface area contributed by atoms with Crippen LogP contribution in [-0.2, 0) is 0 Å². The molecule has 1 nitrogen and oxygen atoms in total. The van der Waals surface area contributed by atoms with Crippen LogP contribution in [0.2, 0.25) is 0 Å². The second kappa shape index (κ2) is 4.65. The number of nitrogens with zero attached hydrogens (tertiary/aromatic N) is 1. The molecule has 0 bridgehead atoms. The summed E-state index contributed by atoms with van der Waals surface area (Å²) < 4.78 is 0. The van der Waals surface area contributed by atoms with Crippen molar-refractivity contribution in [3.05, 3.63) is 0 Å². The van der Waals surface area contributed by atoms with Crippen molar-refractivity contribution in [2.24, 2.45) is 5.92 Å². The molecule has 1 rings (SSSR count). The zero-order valence-electron chi connectivity index (χ0n) is 9.15. The maximum Gasteiger partial charge on any atom is 0.0402 e. The fourth-order valence-corrected chi connectivity index (χ4v) is 2.13. The van der Waals surface area contributed by atoms with Gasteiger partial charge in [0.25, 0.3) is 0 Å². The molecule has 1 aliphatic rings. The monoisotopic (exact) mass is 203 g/mol. The van der Waals surface area contributed by atoms with Crippen molar-refractivity contribution in [1.82, 2.24) is 4.90 Å². The van der Waals surface area contributed by atoms with Crippen molar-refractivity contribution in [2.75, 3.05) is 19.5 Å². The van der Waals surface area contributed by atoms with E-state index in [4.69, 9.17) is 11.6 Å². The minimum absolute atomic E-state index is 0.157. The lowest BCUT2D eigenvalue weighted by atomic mass is 10.0. The lowest BCUT2D eigenvalue weighted by Crippen LogP contribution is -2.44. The van der Waals surface area contributed by atoms with Gasteiger partial charge in [0.2, 0.25) is 0 Å². The molecule has 0 aromatic rings. The van der Waals surface area contributed by atoms with Crippen molar-refractivity contribution in [2.45, 2.75) is 45.1 Å². The Morgan fingerprint density at radius 3 is 2.31 bits per heavy atom. The number of rotatable bonds is 4. The van der Waals surface area contributed by atoms with E-state index in [1.54, 1.807) is 0 Å². The summed E-state index contributed by atoms with van der Waals surface area (Å²) >= 11 is 5.93. The molecule has 0 aromatic heterocycles. The van der Waals surface area contributed by atoms with E-state index >= 15 is 0 Å². The van der Waals surface area contributed by atoms with E-state index in [0.29, 0.717) is 0 Å². The van der Waals surface area contributed by atoms with Crippen molar-refractivity contribution in [1.29, 1.82) is 0 Å². The van der Waals surface area contributed by atoms with Gasteiger partial charge in [-0.25, -0.2) is 0 Å². The van der Waals surface area contributed by atoms with Gasteiger partial charge in [-0.05, 0) is 39.7 Å². The topological polar surface area (TPSA) is 3.24 Å². The second-order valence-corrected chi connectivity index (χ2v) is 5.24. The first-order valence-electron chi connectivity index (χ1n) is 5.33. The van der Waals surface area contributed by atoms with Gasteiger partial charge < -0.3 is 0 Å². The van der Waals surface area contributed by atoms with Gasteiger partial charge in [-0.1, -0.05) is 12.8 Å². The third-order valence-corrected chi connectivity index (χ3v) is 4.02. The molecule has 2 heteroatoms. The van der Waals surface area contributed by atoms with Gasteiger partial charge in [-0.2, -0.15) is 0 Å². The van der Waals surface area contributed by atoms with Crippen molar-refractivity contribution in [3.63, 3.8) is 0 Å². The Bertz CT molecular complexity index is 150. The largest absolute Gasteiger partial charge is 0.300 e. The van der Waals surface area contributed by atoms with E-state index in [-0.39, 0.29) is 5.54 Å². The third kappa shape index (κ3) is 3.14. The summed E-state index contributed by atoms with van der Waals surface area (Å²) in [7, 11) is 2.20. The summed E-state index contributed by atoms with van der Waals surface area (Å²) in [5.41, 5.74) is 0.157. The molecule has 1 fully saturated rings. The van der Waals surface area contributed by atoms with Crippen LogP contribution in [0.15, 0.2) is 0 Å². The van der Waals surface area contributed by atoms with E-state index in [9.17, 15) is 0 Å². The predicted molar refractivity (Wildman–Crippen MR) is 59.4 cm³/mol. The van der Waals surface area contributed by atoms with Gasteiger partial charge in [0.1, 0.15) is 0 Å². The molecular formula is C11H22ClN. The van der Waals surface area contributed by atoms with Gasteiger partial charge in [0.15, 0.2) is 0 Å². The van der Waals surface area contributed by atoms with Crippen LogP contribution in [0.5, 0.6) is 0 Å². The molecule has 0 atom stereocenters. The molecule has 0 spiro atoms. The highest BCUT2D eigenvalue weighted by molar-refractivity contribution is 6.18. The zero-order chi connectivity index (χ0) is 9.90. The van der Waals surface area contributed by atoms with Gasteiger partial charge in [-0.15, -0.1) is 11.6 Å². The Labute approximate surface area is 87.4 Å². The van der Waals surface area contributed by atoms with E-state index in [0.717, 1.165) is 11.8 Å². The summed E-state index contributed by atoms with van der Waals surface area (Å²) in [6.45, 7) is 5.66. The van der Waals surface area contributed by atoms with Crippen LogP contribution in [0.3, 0.4) is 0 Å². The van der Waals surface area contributed by atoms with E-state index in [1.165, 1.54) is 32.2 Å². The third-order valence-electron chi connectivity index (χ3n) is 3.37. The SMILES string of the molecule is CN(CC1CCCC1)C(C)(C)CCl. The van der Waals surface area contributed by atoms with Crippen LogP contribution < -0.4 is 0 Å². The summed E-state index contributed by atoms with van der Waals surface area (Å²) in [5.74, 6) is 1.64. The van der Waals surface area contributed by atoms with E-state index < -0.39 is 0 Å². The van der Waals surface area contributed by atoms with Gasteiger partial charge in [-0.3, -0.25) is 4.90 Å². The minimum atomic E-state index is 0.157. The molecule has 78 valence electrons. The van der Waals surface area contributed by atoms with Gasteiger partial charge >= 0.3 is 0 Å². The molecule has 0 saturated heterocycles. The lowest BCUT2D eigenvalue weighted by Gasteiger charge is -2.35. The normalized spacial score (nSPS) is 20.1. The first-order valence-corrected chi connectivity index (χ1v) is 5.87. The first-order chi connectivity index (χ1) is 6.06. The van der Waals surface area contributed by atoms with Crippen molar-refractivity contribution >= 4 is 11.6 Å². The molecule has 0 N–H and O–H groups in total. The smallest absolute Gasteiger partial charge is 0.0402 e. The molecule has 1 aliphatic carbocycles. The Morgan fingerprint density at radius 1 is 1.31 bits per heavy atom. The molecule has 0 heterocycles. The minimum Gasteiger partial charge on any atom is -0.300 e. The van der Waals surface area contributed by atoms with Crippen molar-refractivity contribution < 1.29 is 0 Å². The summed E-state index contributed by atoms with van der Waals surface area (Å²) in [6.07, 6.45) is 5.70. The average Bonchev–Trinajstić information content (AvgIpc) is 2.57. The fourth-order valence-electron chi connectivity index (χ4n) is 1.93. The maximum atomic E-state index is 5.93. The average molecular weight is 204 g/mol. The Hall–Kier alpha value is 0.250. The van der Waals surface area contributed by atoms with Crippen LogP contribution >= 0.6 is 11.6 Å². The van der Waals surface area contributed by atoms with Crippen LogP contribution in [0, 0.1) is 5.92 Å². The highest BCUT2D eigenvalue weighted by atomic mass is 35.5. The summed E-state index contributed by atoms with van der Waals surface area (Å²) in [4.78, 5) is 2.41. The van der Waals surface area contributed by atoms with Crippen LogP contribution in [-0.4, -0.2) is 29.9 Å². The lowest BCUT2D eigenvalue weighted by molar-refractivity contribution is 0.152. The standard InChI is InChI=1S/C11H22ClN/c1-11(2,9-12)13(3)8-10-6-4-5-7-10/h10H,4-9H2,1-3H3. The van der Waals surface area contributed by atoms with Crippen LogP contribution in [0.1, 0.15) is 39.5 Å². The number of hydrogen-bond acceptors (Lipinski definition) is 1. The zero-order valence-corrected chi connectivity index (χ0v) is 9.90. The summed E-state index contributed by atoms with van der Waals surface area (Å²) in [6, 6.07) is 0. The fraction of sp³-hybridized carbons (Fsp3) is 1.00. The highest BCUT2D eigenvalue weighted by Crippen LogP contribution is 2.27. The molecule has 1 saturated carbocycles. The molecule has 0 radical (unpaired) electrons. The number of alkyl halides is 1. The number of halogens is 1. The van der Waals surface area contributed by atoms with E-state index in [1.807, 2.05) is 0 Å². The molecule has 0 unspecified atom stereocenters. The van der Waals surface area contributed by atoms with Gasteiger partial charge in [0.05, 0.1) is 0 Å². The van der Waals surface area contributed by atoms with Crippen LogP contribution in [0.25, 0.3) is 0 Å². The van der Waals surface area contributed by atoms with Crippen molar-refractivity contribution in [3.8, 4) is 0 Å².